The number of benzene rings is 1. The van der Waals surface area contributed by atoms with Crippen molar-refractivity contribution < 1.29 is 14.6 Å². The third-order valence-electron chi connectivity index (χ3n) is 2.85. The molecule has 6 heteroatoms. The first kappa shape index (κ1) is 14.4. The maximum atomic E-state index is 11.1. The number of halogens is 1. The lowest BCUT2D eigenvalue weighted by Gasteiger charge is -2.13. The SMILES string of the molecule is CC(C)n1cncc1COc1cc(Cl)ccc1C(=O)O. The van der Waals surface area contributed by atoms with Gasteiger partial charge >= 0.3 is 5.97 Å². The summed E-state index contributed by atoms with van der Waals surface area (Å²) in [4.78, 5) is 15.2. The minimum absolute atomic E-state index is 0.0880. The first-order valence-corrected chi connectivity index (χ1v) is 6.53. The number of aromatic carboxylic acids is 1. The molecule has 20 heavy (non-hydrogen) atoms. The highest BCUT2D eigenvalue weighted by Crippen LogP contribution is 2.24. The summed E-state index contributed by atoms with van der Waals surface area (Å²) in [6.45, 7) is 4.30. The van der Waals surface area contributed by atoms with Gasteiger partial charge in [-0.3, -0.25) is 0 Å². The molecule has 0 spiro atoms. The molecule has 0 aliphatic rings. The highest BCUT2D eigenvalue weighted by Gasteiger charge is 2.13. The molecule has 106 valence electrons. The summed E-state index contributed by atoms with van der Waals surface area (Å²) >= 11 is 5.87. The zero-order chi connectivity index (χ0) is 14.7. The zero-order valence-electron chi connectivity index (χ0n) is 11.2. The van der Waals surface area contributed by atoms with Gasteiger partial charge in [0.2, 0.25) is 0 Å². The molecule has 0 aliphatic carbocycles. The smallest absolute Gasteiger partial charge is 0.339 e. The average Bonchev–Trinajstić information content (AvgIpc) is 2.84. The molecule has 5 nitrogen and oxygen atoms in total. The highest BCUT2D eigenvalue weighted by atomic mass is 35.5. The van der Waals surface area contributed by atoms with Crippen molar-refractivity contribution >= 4 is 17.6 Å². The van der Waals surface area contributed by atoms with Gasteiger partial charge in [-0.25, -0.2) is 9.78 Å². The molecule has 0 amide bonds. The second kappa shape index (κ2) is 5.96. The second-order valence-corrected chi connectivity index (χ2v) is 5.06. The molecule has 0 unspecified atom stereocenters. The Bertz CT molecular complexity index is 623. The molecule has 0 fully saturated rings. The van der Waals surface area contributed by atoms with Crippen molar-refractivity contribution in [2.45, 2.75) is 26.5 Å². The van der Waals surface area contributed by atoms with Crippen LogP contribution in [0.15, 0.2) is 30.7 Å². The predicted molar refractivity (Wildman–Crippen MR) is 75.4 cm³/mol. The minimum Gasteiger partial charge on any atom is -0.486 e. The molecular formula is C14H15ClN2O3. The van der Waals surface area contributed by atoms with Crippen molar-refractivity contribution in [3.63, 3.8) is 0 Å². The van der Waals surface area contributed by atoms with E-state index in [1.54, 1.807) is 12.5 Å². The number of aromatic nitrogens is 2. The number of ether oxygens (including phenoxy) is 1. The van der Waals surface area contributed by atoms with E-state index < -0.39 is 5.97 Å². The van der Waals surface area contributed by atoms with Crippen LogP contribution in [0.1, 0.15) is 35.9 Å². The Morgan fingerprint density at radius 3 is 2.90 bits per heavy atom. The molecule has 1 aromatic carbocycles. The molecule has 1 N–H and O–H groups in total. The molecule has 1 heterocycles. The number of carboxylic acid groups (broad SMARTS) is 1. The largest absolute Gasteiger partial charge is 0.486 e. The standard InChI is InChI=1S/C14H15ClN2O3/c1-9(2)17-8-16-6-11(17)7-20-13-5-10(15)3-4-12(13)14(18)19/h3-6,8-9H,7H2,1-2H3,(H,18,19). The second-order valence-electron chi connectivity index (χ2n) is 4.62. The van der Waals surface area contributed by atoms with Gasteiger partial charge in [0.25, 0.3) is 0 Å². The first-order valence-electron chi connectivity index (χ1n) is 6.15. The van der Waals surface area contributed by atoms with Crippen molar-refractivity contribution in [2.24, 2.45) is 0 Å². The maximum absolute atomic E-state index is 11.1. The van der Waals surface area contributed by atoms with E-state index in [1.807, 2.05) is 18.4 Å². The van der Waals surface area contributed by atoms with Crippen molar-refractivity contribution in [1.82, 2.24) is 9.55 Å². The summed E-state index contributed by atoms with van der Waals surface area (Å²) in [5, 5.41) is 9.55. The Labute approximate surface area is 121 Å². The van der Waals surface area contributed by atoms with Crippen LogP contribution in [0, 0.1) is 0 Å². The summed E-state index contributed by atoms with van der Waals surface area (Å²) < 4.78 is 7.55. The van der Waals surface area contributed by atoms with E-state index in [-0.39, 0.29) is 24.0 Å². The number of carboxylic acids is 1. The van der Waals surface area contributed by atoms with Gasteiger partial charge in [0.15, 0.2) is 0 Å². The van der Waals surface area contributed by atoms with Crippen LogP contribution >= 0.6 is 11.6 Å². The van der Waals surface area contributed by atoms with Gasteiger partial charge in [-0.2, -0.15) is 0 Å². The minimum atomic E-state index is -1.05. The average molecular weight is 295 g/mol. The Hall–Kier alpha value is -2.01. The molecular weight excluding hydrogens is 280 g/mol. The topological polar surface area (TPSA) is 64.4 Å². The van der Waals surface area contributed by atoms with Crippen LogP contribution in [0.2, 0.25) is 5.02 Å². The van der Waals surface area contributed by atoms with E-state index in [2.05, 4.69) is 4.98 Å². The number of nitrogens with zero attached hydrogens (tertiary/aromatic N) is 2. The molecule has 0 bridgehead atoms. The molecule has 0 saturated heterocycles. The summed E-state index contributed by atoms with van der Waals surface area (Å²) in [6, 6.07) is 4.71. The van der Waals surface area contributed by atoms with Crippen LogP contribution in [0.3, 0.4) is 0 Å². The number of imidazole rings is 1. The third kappa shape index (κ3) is 3.11. The lowest BCUT2D eigenvalue weighted by molar-refractivity contribution is 0.0691. The van der Waals surface area contributed by atoms with Gasteiger partial charge in [0, 0.05) is 11.1 Å². The number of hydrogen-bond acceptors (Lipinski definition) is 3. The van der Waals surface area contributed by atoms with Crippen molar-refractivity contribution in [3.8, 4) is 5.75 Å². The maximum Gasteiger partial charge on any atom is 0.339 e. The van der Waals surface area contributed by atoms with E-state index in [0.717, 1.165) is 5.69 Å². The lowest BCUT2D eigenvalue weighted by Crippen LogP contribution is -2.09. The van der Waals surface area contributed by atoms with Crippen LogP contribution in [-0.2, 0) is 6.61 Å². The third-order valence-corrected chi connectivity index (χ3v) is 3.09. The van der Waals surface area contributed by atoms with E-state index in [4.69, 9.17) is 21.4 Å². The van der Waals surface area contributed by atoms with Gasteiger partial charge in [0.05, 0.1) is 18.2 Å². The van der Waals surface area contributed by atoms with Gasteiger partial charge in [0.1, 0.15) is 17.9 Å². The number of rotatable bonds is 5. The summed E-state index contributed by atoms with van der Waals surface area (Å²) in [5.74, 6) is -0.796. The fourth-order valence-corrected chi connectivity index (χ4v) is 2.01. The molecule has 0 radical (unpaired) electrons. The zero-order valence-corrected chi connectivity index (χ0v) is 12.0. The summed E-state index contributed by atoms with van der Waals surface area (Å²) in [5.41, 5.74) is 0.960. The van der Waals surface area contributed by atoms with E-state index in [0.29, 0.717) is 5.02 Å². The van der Waals surface area contributed by atoms with Crippen LogP contribution in [0.4, 0.5) is 0 Å². The van der Waals surface area contributed by atoms with E-state index in [9.17, 15) is 4.79 Å². The first-order chi connectivity index (χ1) is 9.49. The van der Waals surface area contributed by atoms with Crippen LogP contribution in [0.5, 0.6) is 5.75 Å². The molecule has 1 aromatic heterocycles. The van der Waals surface area contributed by atoms with Crippen LogP contribution in [-0.4, -0.2) is 20.6 Å². The Balaban J connectivity index is 2.20. The van der Waals surface area contributed by atoms with Crippen molar-refractivity contribution in [1.29, 1.82) is 0 Å². The van der Waals surface area contributed by atoms with Gasteiger partial charge in [-0.15, -0.1) is 0 Å². The fraction of sp³-hybridized carbons (Fsp3) is 0.286. The van der Waals surface area contributed by atoms with Crippen molar-refractivity contribution in [2.75, 3.05) is 0 Å². The predicted octanol–water partition coefficient (Wildman–Crippen LogP) is 3.39. The monoisotopic (exact) mass is 294 g/mol. The highest BCUT2D eigenvalue weighted by molar-refractivity contribution is 6.30. The summed E-state index contributed by atoms with van der Waals surface area (Å²) in [6.07, 6.45) is 3.42. The fourth-order valence-electron chi connectivity index (χ4n) is 1.85. The summed E-state index contributed by atoms with van der Waals surface area (Å²) in [7, 11) is 0. The molecule has 2 aromatic rings. The molecule has 0 saturated carbocycles. The van der Waals surface area contributed by atoms with Gasteiger partial charge in [-0.1, -0.05) is 11.6 Å². The Morgan fingerprint density at radius 1 is 1.50 bits per heavy atom. The van der Waals surface area contributed by atoms with Gasteiger partial charge < -0.3 is 14.4 Å². The van der Waals surface area contributed by atoms with Crippen LogP contribution < -0.4 is 4.74 Å². The number of hydrogen-bond donors (Lipinski definition) is 1. The van der Waals surface area contributed by atoms with Gasteiger partial charge in [-0.05, 0) is 32.0 Å². The molecule has 0 atom stereocenters. The molecule has 0 aliphatic heterocycles. The van der Waals surface area contributed by atoms with E-state index in [1.165, 1.54) is 18.2 Å². The normalized spacial score (nSPS) is 10.8. The van der Waals surface area contributed by atoms with Crippen molar-refractivity contribution in [3.05, 3.63) is 47.0 Å². The quantitative estimate of drug-likeness (QED) is 0.918. The number of carbonyl (C=O) groups is 1. The Morgan fingerprint density at radius 2 is 2.25 bits per heavy atom. The lowest BCUT2D eigenvalue weighted by atomic mass is 10.2. The Kier molecular flexibility index (Phi) is 4.29. The van der Waals surface area contributed by atoms with E-state index >= 15 is 0 Å². The molecule has 2 rings (SSSR count). The van der Waals surface area contributed by atoms with Crippen LogP contribution in [0.25, 0.3) is 0 Å².